The molecule has 3 aromatic carbocycles. The van der Waals surface area contributed by atoms with Crippen LogP contribution in [0.3, 0.4) is 0 Å². The summed E-state index contributed by atoms with van der Waals surface area (Å²) in [5.41, 5.74) is 2.21. The van der Waals surface area contributed by atoms with Crippen LogP contribution in [0.1, 0.15) is 32.3 Å². The van der Waals surface area contributed by atoms with E-state index in [4.69, 9.17) is 14.2 Å². The molecule has 1 amide bonds. The number of amides is 1. The van der Waals surface area contributed by atoms with Crippen LogP contribution in [0.5, 0.6) is 23.0 Å². The highest BCUT2D eigenvalue weighted by molar-refractivity contribution is 7.99. The predicted octanol–water partition coefficient (Wildman–Crippen LogP) is 6.24. The van der Waals surface area contributed by atoms with Crippen LogP contribution in [0.2, 0.25) is 0 Å². The van der Waals surface area contributed by atoms with Gasteiger partial charge in [0.1, 0.15) is 18.1 Å². The van der Waals surface area contributed by atoms with Crippen LogP contribution >= 0.6 is 11.8 Å². The summed E-state index contributed by atoms with van der Waals surface area (Å²) < 4.78 is 18.1. The van der Waals surface area contributed by atoms with Gasteiger partial charge in [-0.15, -0.1) is 0 Å². The number of carbonyl (C=O) groups excluding carboxylic acids is 1. The number of benzene rings is 3. The largest absolute Gasteiger partial charge is 0.504 e. The minimum absolute atomic E-state index is 0.0706. The number of ether oxygens (including phenoxy) is 3. The van der Waals surface area contributed by atoms with E-state index in [0.717, 1.165) is 44.4 Å². The minimum Gasteiger partial charge on any atom is -0.504 e. The molecule has 1 fully saturated rings. The highest BCUT2D eigenvalue weighted by Gasteiger charge is 2.36. The molecule has 1 saturated heterocycles. The monoisotopic (exact) mass is 503 g/mol. The first kappa shape index (κ1) is 23.3. The summed E-state index contributed by atoms with van der Waals surface area (Å²) >= 11 is 1.67. The van der Waals surface area contributed by atoms with E-state index in [0.29, 0.717) is 38.5 Å². The standard InChI is InChI=1S/C29H29NO5S/c1-29(2)16-18(10-12-34-29)28(32)30-11-13-33-26-20(17-30)14-19(15-22(26)31)21-6-5-9-25-27(21)35-23-7-3-4-8-24(23)36-25/h3-9,14-15,18,31H,10-13,16-17H2,1-2H3. The summed E-state index contributed by atoms with van der Waals surface area (Å²) in [7, 11) is 0. The molecule has 3 aliphatic rings. The van der Waals surface area contributed by atoms with Gasteiger partial charge in [-0.25, -0.2) is 0 Å². The van der Waals surface area contributed by atoms with E-state index >= 15 is 0 Å². The van der Waals surface area contributed by atoms with Crippen molar-refractivity contribution in [2.45, 2.75) is 48.6 Å². The summed E-state index contributed by atoms with van der Waals surface area (Å²) in [5, 5.41) is 10.9. The molecule has 3 aliphatic heterocycles. The Labute approximate surface area is 215 Å². The average Bonchev–Trinajstić information content (AvgIpc) is 3.09. The van der Waals surface area contributed by atoms with Gasteiger partial charge >= 0.3 is 0 Å². The van der Waals surface area contributed by atoms with E-state index in [1.54, 1.807) is 17.8 Å². The van der Waals surface area contributed by atoms with Gasteiger partial charge in [-0.2, -0.15) is 0 Å². The first-order valence-electron chi connectivity index (χ1n) is 12.4. The molecule has 0 spiro atoms. The Balaban J connectivity index is 1.33. The van der Waals surface area contributed by atoms with Crippen LogP contribution in [0.25, 0.3) is 11.1 Å². The van der Waals surface area contributed by atoms with Gasteiger partial charge in [0.25, 0.3) is 0 Å². The lowest BCUT2D eigenvalue weighted by molar-refractivity contribution is -0.146. The molecule has 0 aromatic heterocycles. The Hall–Kier alpha value is -3.16. The Morgan fingerprint density at radius 3 is 2.75 bits per heavy atom. The van der Waals surface area contributed by atoms with Crippen LogP contribution in [0.4, 0.5) is 0 Å². The van der Waals surface area contributed by atoms with Crippen molar-refractivity contribution in [1.82, 2.24) is 4.90 Å². The Morgan fingerprint density at radius 1 is 1.06 bits per heavy atom. The van der Waals surface area contributed by atoms with E-state index in [1.807, 2.05) is 67.3 Å². The van der Waals surface area contributed by atoms with E-state index in [9.17, 15) is 9.90 Å². The zero-order valence-electron chi connectivity index (χ0n) is 20.5. The van der Waals surface area contributed by atoms with Crippen molar-refractivity contribution < 1.29 is 24.1 Å². The molecule has 7 heteroatoms. The van der Waals surface area contributed by atoms with Gasteiger partial charge in [-0.1, -0.05) is 36.0 Å². The van der Waals surface area contributed by atoms with Crippen LogP contribution in [0, 0.1) is 5.92 Å². The number of para-hydroxylation sites is 2. The molecule has 1 N–H and O–H groups in total. The number of rotatable bonds is 2. The maximum Gasteiger partial charge on any atom is 0.226 e. The van der Waals surface area contributed by atoms with Gasteiger partial charge in [0, 0.05) is 30.2 Å². The van der Waals surface area contributed by atoms with Crippen molar-refractivity contribution in [1.29, 1.82) is 0 Å². The fourth-order valence-corrected chi connectivity index (χ4v) is 6.30. The molecule has 0 radical (unpaired) electrons. The van der Waals surface area contributed by atoms with Crippen molar-refractivity contribution in [3.63, 3.8) is 0 Å². The van der Waals surface area contributed by atoms with Crippen LogP contribution in [-0.4, -0.2) is 41.3 Å². The lowest BCUT2D eigenvalue weighted by Gasteiger charge is -2.36. The lowest BCUT2D eigenvalue weighted by atomic mass is 9.87. The fraction of sp³-hybridized carbons (Fsp3) is 0.345. The lowest BCUT2D eigenvalue weighted by Crippen LogP contribution is -2.43. The number of fused-ring (bicyclic) bond motifs is 3. The van der Waals surface area contributed by atoms with Crippen molar-refractivity contribution in [3.8, 4) is 34.1 Å². The molecule has 6 nitrogen and oxygen atoms in total. The molecule has 186 valence electrons. The Morgan fingerprint density at radius 2 is 1.89 bits per heavy atom. The molecular formula is C29H29NO5S. The third-order valence-corrected chi connectivity index (χ3v) is 8.14. The molecule has 1 unspecified atom stereocenters. The highest BCUT2D eigenvalue weighted by atomic mass is 32.2. The predicted molar refractivity (Wildman–Crippen MR) is 138 cm³/mol. The first-order valence-corrected chi connectivity index (χ1v) is 13.2. The Kier molecular flexibility index (Phi) is 5.85. The highest BCUT2D eigenvalue weighted by Crippen LogP contribution is 2.51. The first-order chi connectivity index (χ1) is 17.4. The van der Waals surface area contributed by atoms with Crippen LogP contribution in [0.15, 0.2) is 64.4 Å². The van der Waals surface area contributed by atoms with Gasteiger partial charge < -0.3 is 24.2 Å². The molecule has 0 bridgehead atoms. The van der Waals surface area contributed by atoms with Crippen LogP contribution in [-0.2, 0) is 16.1 Å². The second-order valence-corrected chi connectivity index (χ2v) is 11.3. The quantitative estimate of drug-likeness (QED) is 0.349. The van der Waals surface area contributed by atoms with Gasteiger partial charge in [0.2, 0.25) is 5.91 Å². The maximum absolute atomic E-state index is 13.5. The van der Waals surface area contributed by atoms with Crippen molar-refractivity contribution in [2.24, 2.45) is 5.92 Å². The second-order valence-electron chi connectivity index (χ2n) is 10.2. The van der Waals surface area contributed by atoms with Crippen molar-refractivity contribution in [3.05, 3.63) is 60.2 Å². The molecule has 0 aliphatic carbocycles. The second kappa shape index (κ2) is 9.05. The van der Waals surface area contributed by atoms with E-state index < -0.39 is 0 Å². The number of phenolic OH excluding ortho intramolecular Hbond substituents is 1. The smallest absolute Gasteiger partial charge is 0.226 e. The zero-order valence-corrected chi connectivity index (χ0v) is 21.3. The van der Waals surface area contributed by atoms with Gasteiger partial charge in [-0.05, 0) is 62.6 Å². The molecule has 3 heterocycles. The van der Waals surface area contributed by atoms with E-state index in [-0.39, 0.29) is 23.2 Å². The van der Waals surface area contributed by atoms with Crippen molar-refractivity contribution in [2.75, 3.05) is 19.8 Å². The molecule has 3 aromatic rings. The third kappa shape index (κ3) is 4.31. The minimum atomic E-state index is -0.298. The SMILES string of the molecule is CC1(C)CC(C(=O)N2CCOc3c(O)cc(-c4cccc5c4Oc4ccccc4S5)cc3C2)CCO1. The Bertz CT molecular complexity index is 1340. The summed E-state index contributed by atoms with van der Waals surface area (Å²) in [5.74, 6) is 2.17. The topological polar surface area (TPSA) is 68.2 Å². The van der Waals surface area contributed by atoms with Crippen molar-refractivity contribution >= 4 is 17.7 Å². The molecule has 1 atom stereocenters. The van der Waals surface area contributed by atoms with Gasteiger partial charge in [0.05, 0.1) is 21.9 Å². The number of phenols is 1. The molecule has 36 heavy (non-hydrogen) atoms. The molecule has 6 rings (SSSR count). The van der Waals surface area contributed by atoms with E-state index in [1.165, 1.54) is 0 Å². The number of carbonyl (C=O) groups is 1. The van der Waals surface area contributed by atoms with Gasteiger partial charge in [0.15, 0.2) is 11.5 Å². The summed E-state index contributed by atoms with van der Waals surface area (Å²) in [4.78, 5) is 17.4. The number of nitrogens with zero attached hydrogens (tertiary/aromatic N) is 1. The number of hydrogen-bond donors (Lipinski definition) is 1. The summed E-state index contributed by atoms with van der Waals surface area (Å²) in [6.07, 6.45) is 1.43. The van der Waals surface area contributed by atoms with Crippen LogP contribution < -0.4 is 9.47 Å². The summed E-state index contributed by atoms with van der Waals surface area (Å²) in [6, 6.07) is 17.8. The molecular weight excluding hydrogens is 474 g/mol. The van der Waals surface area contributed by atoms with E-state index in [2.05, 4.69) is 0 Å². The number of hydrogen-bond acceptors (Lipinski definition) is 6. The van der Waals surface area contributed by atoms with Gasteiger partial charge in [-0.3, -0.25) is 4.79 Å². The number of aromatic hydroxyl groups is 1. The zero-order chi connectivity index (χ0) is 24.9. The molecule has 0 saturated carbocycles. The third-order valence-electron chi connectivity index (χ3n) is 7.04. The summed E-state index contributed by atoms with van der Waals surface area (Å²) in [6.45, 7) is 5.89. The average molecular weight is 504 g/mol. The fourth-order valence-electron chi connectivity index (χ4n) is 5.32. The maximum atomic E-state index is 13.5. The normalized spacial score (nSPS) is 20.2.